The number of amides is 1. The summed E-state index contributed by atoms with van der Waals surface area (Å²) in [5.74, 6) is 1.44. The van der Waals surface area contributed by atoms with Crippen LogP contribution in [0.2, 0.25) is 0 Å². The first-order chi connectivity index (χ1) is 11.7. The van der Waals surface area contributed by atoms with Crippen LogP contribution in [0.3, 0.4) is 0 Å². The largest absolute Gasteiger partial charge is 0.497 e. The molecule has 24 heavy (non-hydrogen) atoms. The molecular formula is C18H20N4O2. The van der Waals surface area contributed by atoms with Crippen LogP contribution in [0.25, 0.3) is 22.4 Å². The quantitative estimate of drug-likeness (QED) is 0.607. The number of H-pyrrole nitrogens is 1. The number of carbonyl (C=O) groups excluding carboxylic acids is 1. The number of fused-ring (bicyclic) bond motifs is 1. The van der Waals surface area contributed by atoms with Crippen LogP contribution in [0.5, 0.6) is 5.75 Å². The first-order valence-electron chi connectivity index (χ1n) is 7.83. The Morgan fingerprint density at radius 2 is 2.04 bits per heavy atom. The van der Waals surface area contributed by atoms with E-state index in [0.717, 1.165) is 34.6 Å². The molecule has 1 aromatic heterocycles. The number of aromatic amines is 1. The lowest BCUT2D eigenvalue weighted by molar-refractivity contribution is 0.0953. The van der Waals surface area contributed by atoms with E-state index < -0.39 is 0 Å². The van der Waals surface area contributed by atoms with Crippen LogP contribution in [0.1, 0.15) is 16.8 Å². The molecule has 0 saturated heterocycles. The molecule has 0 aliphatic carbocycles. The number of rotatable bonds is 6. The van der Waals surface area contributed by atoms with Crippen molar-refractivity contribution in [3.63, 3.8) is 0 Å². The number of methoxy groups -OCH3 is 1. The highest BCUT2D eigenvalue weighted by Crippen LogP contribution is 2.23. The Balaban J connectivity index is 1.79. The SMILES string of the molecule is COc1ccc2nc(-c3ccc(C(=O)NCCCN)cc3)[nH]c2c1. The Hall–Kier alpha value is -2.86. The van der Waals surface area contributed by atoms with E-state index in [2.05, 4.69) is 15.3 Å². The van der Waals surface area contributed by atoms with Crippen molar-refractivity contribution in [1.82, 2.24) is 15.3 Å². The number of ether oxygens (including phenoxy) is 1. The van der Waals surface area contributed by atoms with Crippen LogP contribution >= 0.6 is 0 Å². The van der Waals surface area contributed by atoms with E-state index in [1.54, 1.807) is 19.2 Å². The zero-order valence-electron chi connectivity index (χ0n) is 13.5. The van der Waals surface area contributed by atoms with Crippen molar-refractivity contribution in [1.29, 1.82) is 0 Å². The number of hydrogen-bond acceptors (Lipinski definition) is 4. The van der Waals surface area contributed by atoms with Crippen LogP contribution in [0.4, 0.5) is 0 Å². The minimum absolute atomic E-state index is 0.0932. The van der Waals surface area contributed by atoms with E-state index in [0.29, 0.717) is 18.7 Å². The first-order valence-corrected chi connectivity index (χ1v) is 7.83. The third kappa shape index (κ3) is 3.38. The zero-order chi connectivity index (χ0) is 16.9. The fourth-order valence-electron chi connectivity index (χ4n) is 2.44. The molecule has 3 aromatic rings. The maximum absolute atomic E-state index is 12.0. The van der Waals surface area contributed by atoms with Crippen molar-refractivity contribution in [2.24, 2.45) is 5.73 Å². The molecule has 2 aromatic carbocycles. The maximum Gasteiger partial charge on any atom is 0.251 e. The van der Waals surface area contributed by atoms with E-state index in [1.807, 2.05) is 30.3 Å². The van der Waals surface area contributed by atoms with Crippen molar-refractivity contribution < 1.29 is 9.53 Å². The molecular weight excluding hydrogens is 304 g/mol. The summed E-state index contributed by atoms with van der Waals surface area (Å²) < 4.78 is 5.22. The summed E-state index contributed by atoms with van der Waals surface area (Å²) in [5.41, 5.74) is 8.74. The van der Waals surface area contributed by atoms with Crippen molar-refractivity contribution >= 4 is 16.9 Å². The molecule has 6 nitrogen and oxygen atoms in total. The third-order valence-electron chi connectivity index (χ3n) is 3.78. The molecule has 0 radical (unpaired) electrons. The Morgan fingerprint density at radius 3 is 2.75 bits per heavy atom. The van der Waals surface area contributed by atoms with Gasteiger partial charge in [-0.05, 0) is 37.2 Å². The Kier molecular flexibility index (Phi) is 4.77. The second-order valence-electron chi connectivity index (χ2n) is 5.44. The fourth-order valence-corrected chi connectivity index (χ4v) is 2.44. The van der Waals surface area contributed by atoms with Gasteiger partial charge in [-0.25, -0.2) is 4.98 Å². The highest BCUT2D eigenvalue weighted by molar-refractivity contribution is 5.94. The predicted molar refractivity (Wildman–Crippen MR) is 94.1 cm³/mol. The number of aromatic nitrogens is 2. The zero-order valence-corrected chi connectivity index (χ0v) is 13.5. The second kappa shape index (κ2) is 7.14. The molecule has 0 aliphatic rings. The molecule has 4 N–H and O–H groups in total. The molecule has 0 saturated carbocycles. The highest BCUT2D eigenvalue weighted by Gasteiger charge is 2.08. The summed E-state index contributed by atoms with van der Waals surface area (Å²) in [6, 6.07) is 13.0. The highest BCUT2D eigenvalue weighted by atomic mass is 16.5. The van der Waals surface area contributed by atoms with Crippen molar-refractivity contribution in [3.05, 3.63) is 48.0 Å². The maximum atomic E-state index is 12.0. The Bertz CT molecular complexity index is 840. The number of nitrogens with one attached hydrogen (secondary N) is 2. The summed E-state index contributed by atoms with van der Waals surface area (Å²) in [5, 5.41) is 2.84. The molecule has 0 spiro atoms. The van der Waals surface area contributed by atoms with E-state index in [9.17, 15) is 4.79 Å². The lowest BCUT2D eigenvalue weighted by Crippen LogP contribution is -2.25. The van der Waals surface area contributed by atoms with Crippen molar-refractivity contribution in [3.8, 4) is 17.1 Å². The van der Waals surface area contributed by atoms with Gasteiger partial charge in [-0.1, -0.05) is 12.1 Å². The minimum atomic E-state index is -0.0932. The number of nitrogens with two attached hydrogens (primary N) is 1. The van der Waals surface area contributed by atoms with Gasteiger partial charge in [0.25, 0.3) is 5.91 Å². The lowest BCUT2D eigenvalue weighted by Gasteiger charge is -2.04. The van der Waals surface area contributed by atoms with Crippen LogP contribution in [0.15, 0.2) is 42.5 Å². The van der Waals surface area contributed by atoms with Gasteiger partial charge in [-0.15, -0.1) is 0 Å². The average molecular weight is 324 g/mol. The number of nitrogens with zero attached hydrogens (tertiary/aromatic N) is 1. The van der Waals surface area contributed by atoms with Crippen LogP contribution in [-0.4, -0.2) is 36.1 Å². The summed E-state index contributed by atoms with van der Waals surface area (Å²) >= 11 is 0. The van der Waals surface area contributed by atoms with E-state index in [-0.39, 0.29) is 5.91 Å². The molecule has 0 bridgehead atoms. The average Bonchev–Trinajstić information content (AvgIpc) is 3.05. The first kappa shape index (κ1) is 16.0. The lowest BCUT2D eigenvalue weighted by atomic mass is 10.1. The molecule has 0 aliphatic heterocycles. The molecule has 1 amide bonds. The number of carbonyl (C=O) groups is 1. The molecule has 0 atom stereocenters. The van der Waals surface area contributed by atoms with Gasteiger partial charge in [-0.3, -0.25) is 4.79 Å². The molecule has 124 valence electrons. The van der Waals surface area contributed by atoms with Gasteiger partial charge in [0.05, 0.1) is 18.1 Å². The summed E-state index contributed by atoms with van der Waals surface area (Å²) in [7, 11) is 1.63. The van der Waals surface area contributed by atoms with Gasteiger partial charge in [0.1, 0.15) is 11.6 Å². The topological polar surface area (TPSA) is 93.0 Å². The van der Waals surface area contributed by atoms with Crippen molar-refractivity contribution in [2.45, 2.75) is 6.42 Å². The molecule has 0 unspecified atom stereocenters. The third-order valence-corrected chi connectivity index (χ3v) is 3.78. The molecule has 3 rings (SSSR count). The molecule has 6 heteroatoms. The predicted octanol–water partition coefficient (Wildman–Crippen LogP) is 2.32. The molecule has 0 fully saturated rings. The molecule has 1 heterocycles. The van der Waals surface area contributed by atoms with Gasteiger partial charge in [0.2, 0.25) is 0 Å². The van der Waals surface area contributed by atoms with Crippen molar-refractivity contribution in [2.75, 3.05) is 20.2 Å². The Labute approximate surface area is 140 Å². The van der Waals surface area contributed by atoms with Crippen LogP contribution in [-0.2, 0) is 0 Å². The second-order valence-corrected chi connectivity index (χ2v) is 5.44. The summed E-state index contributed by atoms with van der Waals surface area (Å²) in [6.45, 7) is 1.15. The van der Waals surface area contributed by atoms with Gasteiger partial charge in [0, 0.05) is 23.7 Å². The standard InChI is InChI=1S/C18H20N4O2/c1-24-14-7-8-15-16(11-14)22-17(21-15)12-3-5-13(6-4-12)18(23)20-10-2-9-19/h3-8,11H,2,9-10,19H2,1H3,(H,20,23)(H,21,22). The normalized spacial score (nSPS) is 10.8. The Morgan fingerprint density at radius 1 is 1.25 bits per heavy atom. The number of imidazole rings is 1. The smallest absolute Gasteiger partial charge is 0.251 e. The van der Waals surface area contributed by atoms with E-state index in [1.165, 1.54) is 0 Å². The number of hydrogen-bond donors (Lipinski definition) is 3. The van der Waals surface area contributed by atoms with Gasteiger partial charge < -0.3 is 20.8 Å². The van der Waals surface area contributed by atoms with Gasteiger partial charge >= 0.3 is 0 Å². The monoisotopic (exact) mass is 324 g/mol. The van der Waals surface area contributed by atoms with Gasteiger partial charge in [0.15, 0.2) is 0 Å². The summed E-state index contributed by atoms with van der Waals surface area (Å²) in [4.78, 5) is 19.8. The van der Waals surface area contributed by atoms with Crippen LogP contribution in [0, 0.1) is 0 Å². The van der Waals surface area contributed by atoms with Gasteiger partial charge in [-0.2, -0.15) is 0 Å². The minimum Gasteiger partial charge on any atom is -0.497 e. The summed E-state index contributed by atoms with van der Waals surface area (Å²) in [6.07, 6.45) is 0.770. The fraction of sp³-hybridized carbons (Fsp3) is 0.222. The van der Waals surface area contributed by atoms with Crippen LogP contribution < -0.4 is 15.8 Å². The van der Waals surface area contributed by atoms with E-state index >= 15 is 0 Å². The number of benzene rings is 2. The van der Waals surface area contributed by atoms with E-state index in [4.69, 9.17) is 10.5 Å².